The number of nitrogens with two attached hydrogens (primary N) is 1. The lowest BCUT2D eigenvalue weighted by molar-refractivity contribution is -0.125. The zero-order chi connectivity index (χ0) is 21.1. The van der Waals surface area contributed by atoms with E-state index in [2.05, 4.69) is 20.4 Å². The Morgan fingerprint density at radius 2 is 1.87 bits per heavy atom. The van der Waals surface area contributed by atoms with Crippen LogP contribution in [0.5, 0.6) is 0 Å². The van der Waals surface area contributed by atoms with Gasteiger partial charge >= 0.3 is 0 Å². The van der Waals surface area contributed by atoms with E-state index in [1.807, 2.05) is 30.3 Å². The third-order valence-electron chi connectivity index (χ3n) is 6.07. The van der Waals surface area contributed by atoms with Crippen LogP contribution in [0.1, 0.15) is 23.2 Å². The van der Waals surface area contributed by atoms with Crippen LogP contribution in [0.4, 0.5) is 11.4 Å². The van der Waals surface area contributed by atoms with Crippen LogP contribution < -0.4 is 21.3 Å². The van der Waals surface area contributed by atoms with E-state index in [9.17, 15) is 9.59 Å². The van der Waals surface area contributed by atoms with Crippen molar-refractivity contribution in [1.29, 1.82) is 0 Å². The number of halogens is 1. The summed E-state index contributed by atoms with van der Waals surface area (Å²) in [4.78, 5) is 29.6. The van der Waals surface area contributed by atoms with E-state index in [0.717, 1.165) is 31.6 Å². The smallest absolute Gasteiger partial charge is 0.254 e. The lowest BCUT2D eigenvalue weighted by Gasteiger charge is -2.43. The minimum Gasteiger partial charge on any atom is -0.398 e. The van der Waals surface area contributed by atoms with Crippen molar-refractivity contribution in [2.24, 2.45) is 0 Å². The number of para-hydroxylation sites is 1. The van der Waals surface area contributed by atoms with Gasteiger partial charge in [-0.15, -0.1) is 0 Å². The average molecular weight is 428 g/mol. The maximum absolute atomic E-state index is 12.7. The molecule has 0 radical (unpaired) electrons. The molecular formula is C22H26ClN5O2. The van der Waals surface area contributed by atoms with Gasteiger partial charge in [0.15, 0.2) is 0 Å². The van der Waals surface area contributed by atoms with E-state index in [4.69, 9.17) is 17.3 Å². The molecule has 0 saturated carbocycles. The van der Waals surface area contributed by atoms with Crippen LogP contribution >= 0.6 is 11.6 Å². The fraction of sp³-hybridized carbons (Fsp3) is 0.364. The van der Waals surface area contributed by atoms with Crippen LogP contribution in [0.3, 0.4) is 0 Å². The number of nitrogens with one attached hydrogen (secondary N) is 2. The highest BCUT2D eigenvalue weighted by atomic mass is 35.5. The first-order chi connectivity index (χ1) is 14.5. The van der Waals surface area contributed by atoms with Crippen molar-refractivity contribution in [3.05, 3.63) is 59.1 Å². The number of nitrogen functional groups attached to an aromatic ring is 1. The number of carbonyl (C=O) groups is 2. The van der Waals surface area contributed by atoms with Crippen molar-refractivity contribution in [2.45, 2.75) is 18.4 Å². The number of hydrogen-bond acceptors (Lipinski definition) is 5. The van der Waals surface area contributed by atoms with Crippen LogP contribution in [-0.4, -0.2) is 55.1 Å². The fourth-order valence-corrected chi connectivity index (χ4v) is 4.64. The summed E-state index contributed by atoms with van der Waals surface area (Å²) < 4.78 is 0. The van der Waals surface area contributed by atoms with Crippen molar-refractivity contribution in [2.75, 3.05) is 43.5 Å². The molecule has 0 aliphatic carbocycles. The molecule has 0 atom stereocenters. The van der Waals surface area contributed by atoms with Gasteiger partial charge < -0.3 is 26.2 Å². The van der Waals surface area contributed by atoms with Gasteiger partial charge in [-0.1, -0.05) is 35.9 Å². The molecule has 4 rings (SSSR count). The molecule has 8 heteroatoms. The summed E-state index contributed by atoms with van der Waals surface area (Å²) in [5.74, 6) is -0.162. The number of likely N-dealkylation sites (tertiary alicyclic amines) is 1. The second kappa shape index (κ2) is 8.53. The second-order valence-electron chi connectivity index (χ2n) is 7.76. The monoisotopic (exact) mass is 427 g/mol. The highest BCUT2D eigenvalue weighted by Gasteiger charge is 2.50. The third kappa shape index (κ3) is 3.82. The van der Waals surface area contributed by atoms with Crippen molar-refractivity contribution < 1.29 is 9.59 Å². The van der Waals surface area contributed by atoms with E-state index in [1.165, 1.54) is 0 Å². The van der Waals surface area contributed by atoms with Gasteiger partial charge in [0.2, 0.25) is 5.91 Å². The number of nitrogens with zero attached hydrogens (tertiary/aromatic N) is 2. The highest BCUT2D eigenvalue weighted by molar-refractivity contribution is 6.34. The molecule has 2 heterocycles. The Kier molecular flexibility index (Phi) is 5.83. The number of piperidine rings is 1. The number of carbonyl (C=O) groups excluding carboxylic acids is 2. The highest BCUT2D eigenvalue weighted by Crippen LogP contribution is 2.36. The predicted molar refractivity (Wildman–Crippen MR) is 119 cm³/mol. The molecule has 2 saturated heterocycles. The Labute approximate surface area is 181 Å². The minimum atomic E-state index is -0.493. The molecule has 7 nitrogen and oxygen atoms in total. The molecule has 2 fully saturated rings. The van der Waals surface area contributed by atoms with Crippen LogP contribution in [0.25, 0.3) is 0 Å². The van der Waals surface area contributed by atoms with Crippen LogP contribution in [0.15, 0.2) is 48.5 Å². The van der Waals surface area contributed by atoms with E-state index in [-0.39, 0.29) is 11.8 Å². The van der Waals surface area contributed by atoms with Crippen LogP contribution in [0.2, 0.25) is 5.02 Å². The molecule has 0 bridgehead atoms. The Balaban J connectivity index is 1.32. The molecule has 1 spiro atoms. The van der Waals surface area contributed by atoms with Gasteiger partial charge in [0.05, 0.1) is 17.3 Å². The number of anilines is 2. The lowest BCUT2D eigenvalue weighted by Crippen LogP contribution is -2.57. The van der Waals surface area contributed by atoms with E-state index in [0.29, 0.717) is 36.0 Å². The molecule has 2 aliphatic rings. The van der Waals surface area contributed by atoms with Gasteiger partial charge in [-0.2, -0.15) is 0 Å². The summed E-state index contributed by atoms with van der Waals surface area (Å²) in [6.45, 7) is 3.32. The first-order valence-corrected chi connectivity index (χ1v) is 10.5. The Hall–Kier alpha value is -2.77. The van der Waals surface area contributed by atoms with Crippen molar-refractivity contribution in [3.8, 4) is 0 Å². The van der Waals surface area contributed by atoms with Crippen LogP contribution in [0, 0.1) is 0 Å². The topological polar surface area (TPSA) is 90.7 Å². The Bertz CT molecular complexity index is 908. The number of benzene rings is 2. The summed E-state index contributed by atoms with van der Waals surface area (Å²) in [6.07, 6.45) is 1.50. The first-order valence-electron chi connectivity index (χ1n) is 10.2. The first kappa shape index (κ1) is 20.5. The molecule has 0 unspecified atom stereocenters. The largest absolute Gasteiger partial charge is 0.398 e. The average Bonchev–Trinajstić information content (AvgIpc) is 3.06. The number of hydrogen-bond donors (Lipinski definition) is 3. The maximum Gasteiger partial charge on any atom is 0.254 e. The van der Waals surface area contributed by atoms with E-state index in [1.54, 1.807) is 18.2 Å². The molecule has 158 valence electrons. The van der Waals surface area contributed by atoms with Gasteiger partial charge in [-0.3, -0.25) is 9.59 Å². The molecule has 2 amide bonds. The Morgan fingerprint density at radius 3 is 2.57 bits per heavy atom. The van der Waals surface area contributed by atoms with Gasteiger partial charge in [-0.25, -0.2) is 0 Å². The van der Waals surface area contributed by atoms with Crippen LogP contribution in [-0.2, 0) is 4.79 Å². The fourth-order valence-electron chi connectivity index (χ4n) is 4.38. The summed E-state index contributed by atoms with van der Waals surface area (Å²) in [7, 11) is 0. The summed E-state index contributed by atoms with van der Waals surface area (Å²) >= 11 is 6.11. The predicted octanol–water partition coefficient (Wildman–Crippen LogP) is 2.08. The molecular weight excluding hydrogens is 402 g/mol. The zero-order valence-electron chi connectivity index (χ0n) is 16.7. The molecule has 2 aromatic rings. The van der Waals surface area contributed by atoms with E-state index < -0.39 is 5.54 Å². The summed E-state index contributed by atoms with van der Waals surface area (Å²) in [6, 6.07) is 15.1. The maximum atomic E-state index is 12.7. The van der Waals surface area contributed by atoms with Crippen molar-refractivity contribution in [3.63, 3.8) is 0 Å². The standard InChI is InChI=1S/C22H26ClN5O2/c23-17-7-4-8-18(24)19(17)20(29)25-11-14-27-12-9-22(10-13-27)21(30)26-15-28(22)16-5-2-1-3-6-16/h1-8H,9-15,24H2,(H,25,29)(H,26,30). The quantitative estimate of drug-likeness (QED) is 0.635. The molecule has 2 aliphatic heterocycles. The second-order valence-corrected chi connectivity index (χ2v) is 8.17. The minimum absolute atomic E-state index is 0.105. The van der Waals surface area contributed by atoms with Crippen molar-refractivity contribution in [1.82, 2.24) is 15.5 Å². The normalized spacial score (nSPS) is 18.4. The Morgan fingerprint density at radius 1 is 1.13 bits per heavy atom. The SMILES string of the molecule is Nc1cccc(Cl)c1C(=O)NCCN1CCC2(CC1)C(=O)NCN2c1ccccc1. The summed E-state index contributed by atoms with van der Waals surface area (Å²) in [5.41, 5.74) is 7.14. The lowest BCUT2D eigenvalue weighted by atomic mass is 9.85. The van der Waals surface area contributed by atoms with Gasteiger partial charge in [0.25, 0.3) is 5.91 Å². The molecule has 0 aromatic heterocycles. The third-order valence-corrected chi connectivity index (χ3v) is 6.39. The number of amides is 2. The molecule has 30 heavy (non-hydrogen) atoms. The van der Waals surface area contributed by atoms with Gasteiger partial charge in [-0.05, 0) is 37.1 Å². The molecule has 2 aromatic carbocycles. The van der Waals surface area contributed by atoms with Gasteiger partial charge in [0, 0.05) is 37.6 Å². The van der Waals surface area contributed by atoms with Gasteiger partial charge in [0.1, 0.15) is 5.54 Å². The van der Waals surface area contributed by atoms with Crippen molar-refractivity contribution >= 4 is 34.8 Å². The summed E-state index contributed by atoms with van der Waals surface area (Å²) in [5, 5.41) is 6.26. The van der Waals surface area contributed by atoms with E-state index >= 15 is 0 Å². The number of rotatable bonds is 5. The molecule has 4 N–H and O–H groups in total. The zero-order valence-corrected chi connectivity index (χ0v) is 17.5.